The lowest BCUT2D eigenvalue weighted by Crippen LogP contribution is -2.29. The molecule has 4 rings (SSSR count). The van der Waals surface area contributed by atoms with Crippen molar-refractivity contribution < 1.29 is 9.21 Å². The summed E-state index contributed by atoms with van der Waals surface area (Å²) in [6.07, 6.45) is 3.47. The number of rotatable bonds is 4. The Bertz CT molecular complexity index is 1090. The van der Waals surface area contributed by atoms with Crippen molar-refractivity contribution in [1.29, 1.82) is 0 Å². The molecule has 0 radical (unpaired) electrons. The molecule has 0 bridgehead atoms. The summed E-state index contributed by atoms with van der Waals surface area (Å²) in [6.45, 7) is 5.98. The third-order valence-electron chi connectivity index (χ3n) is 5.14. The van der Waals surface area contributed by atoms with Crippen LogP contribution in [0.3, 0.4) is 0 Å². The topological polar surface area (TPSA) is 55.1 Å². The number of pyridine rings is 1. The zero-order valence-electron chi connectivity index (χ0n) is 16.2. The van der Waals surface area contributed by atoms with Crippen molar-refractivity contribution in [1.82, 2.24) is 10.3 Å². The highest BCUT2D eigenvalue weighted by Gasteiger charge is 2.24. The van der Waals surface area contributed by atoms with Gasteiger partial charge in [0.15, 0.2) is 5.76 Å². The van der Waals surface area contributed by atoms with Gasteiger partial charge in [-0.25, -0.2) is 0 Å². The lowest BCUT2D eigenvalue weighted by molar-refractivity contribution is 0.0916. The number of aromatic nitrogens is 1. The van der Waals surface area contributed by atoms with E-state index in [1.54, 1.807) is 12.4 Å². The first kappa shape index (κ1) is 18.0. The summed E-state index contributed by atoms with van der Waals surface area (Å²) in [5.74, 6) is 0.139. The number of carbonyl (C=O) groups excluding carboxylic acids is 1. The van der Waals surface area contributed by atoms with Crippen molar-refractivity contribution >= 4 is 16.9 Å². The third-order valence-corrected chi connectivity index (χ3v) is 5.14. The van der Waals surface area contributed by atoms with Crippen LogP contribution < -0.4 is 5.32 Å². The van der Waals surface area contributed by atoms with Crippen LogP contribution in [0.5, 0.6) is 0 Å². The van der Waals surface area contributed by atoms with Crippen molar-refractivity contribution in [2.75, 3.05) is 0 Å². The maximum Gasteiger partial charge on any atom is 0.288 e. The molecular weight excluding hydrogens is 348 g/mol. The number of hydrogen-bond donors (Lipinski definition) is 1. The molecule has 1 N–H and O–H groups in total. The number of nitrogens with one attached hydrogen (secondary N) is 1. The summed E-state index contributed by atoms with van der Waals surface area (Å²) >= 11 is 0. The van der Waals surface area contributed by atoms with E-state index in [0.717, 1.165) is 38.8 Å². The maximum atomic E-state index is 13.2. The van der Waals surface area contributed by atoms with Gasteiger partial charge in [-0.2, -0.15) is 0 Å². The third kappa shape index (κ3) is 3.18. The van der Waals surface area contributed by atoms with E-state index < -0.39 is 0 Å². The summed E-state index contributed by atoms with van der Waals surface area (Å²) in [7, 11) is 0. The van der Waals surface area contributed by atoms with E-state index >= 15 is 0 Å². The van der Waals surface area contributed by atoms with Crippen LogP contribution in [0.15, 0.2) is 71.4 Å². The number of amides is 1. The van der Waals surface area contributed by atoms with Gasteiger partial charge in [0.2, 0.25) is 0 Å². The smallest absolute Gasteiger partial charge is 0.288 e. The van der Waals surface area contributed by atoms with Gasteiger partial charge in [-0.3, -0.25) is 9.78 Å². The largest absolute Gasteiger partial charge is 0.450 e. The highest BCUT2D eigenvalue weighted by Crippen LogP contribution is 2.31. The first-order chi connectivity index (χ1) is 13.6. The molecule has 0 aliphatic carbocycles. The number of carbonyl (C=O) groups is 1. The molecule has 0 saturated heterocycles. The molecule has 1 unspecified atom stereocenters. The molecule has 2 aromatic carbocycles. The van der Waals surface area contributed by atoms with Gasteiger partial charge < -0.3 is 9.73 Å². The van der Waals surface area contributed by atoms with Crippen molar-refractivity contribution in [3.8, 4) is 0 Å². The van der Waals surface area contributed by atoms with Crippen molar-refractivity contribution in [3.05, 3.63) is 101 Å². The summed E-state index contributed by atoms with van der Waals surface area (Å²) < 4.78 is 6.02. The first-order valence-corrected chi connectivity index (χ1v) is 9.31. The predicted molar refractivity (Wildman–Crippen MR) is 110 cm³/mol. The lowest BCUT2D eigenvalue weighted by Gasteiger charge is -2.19. The monoisotopic (exact) mass is 370 g/mol. The minimum atomic E-state index is -0.286. The molecular formula is C24H22N2O2. The predicted octanol–water partition coefficient (Wildman–Crippen LogP) is 5.27. The molecule has 1 amide bonds. The van der Waals surface area contributed by atoms with Crippen LogP contribution >= 0.6 is 0 Å². The Hall–Kier alpha value is -3.40. The molecule has 140 valence electrons. The summed E-state index contributed by atoms with van der Waals surface area (Å²) in [4.78, 5) is 17.3. The number of benzene rings is 2. The molecule has 4 heteroatoms. The van der Waals surface area contributed by atoms with Crippen LogP contribution in [0.4, 0.5) is 0 Å². The fraction of sp³-hybridized carbons (Fsp3) is 0.167. The molecule has 28 heavy (non-hydrogen) atoms. The molecule has 0 spiro atoms. The summed E-state index contributed by atoms with van der Waals surface area (Å²) in [5.41, 5.74) is 5.75. The van der Waals surface area contributed by atoms with Gasteiger partial charge in [-0.05, 0) is 55.2 Å². The molecule has 4 aromatic rings. The Labute approximate surface area is 164 Å². The molecule has 1 atom stereocenters. The number of furan rings is 1. The van der Waals surface area contributed by atoms with Crippen LogP contribution in [0.25, 0.3) is 11.0 Å². The minimum Gasteiger partial charge on any atom is -0.450 e. The van der Waals surface area contributed by atoms with Crippen LogP contribution in [0, 0.1) is 20.8 Å². The van der Waals surface area contributed by atoms with E-state index in [2.05, 4.69) is 16.4 Å². The van der Waals surface area contributed by atoms with E-state index in [9.17, 15) is 4.79 Å². The Balaban J connectivity index is 1.75. The molecule has 2 heterocycles. The second-order valence-corrected chi connectivity index (χ2v) is 7.06. The average Bonchev–Trinajstić information content (AvgIpc) is 3.09. The van der Waals surface area contributed by atoms with E-state index in [-0.39, 0.29) is 11.9 Å². The summed E-state index contributed by atoms with van der Waals surface area (Å²) in [5, 5.41) is 4.16. The van der Waals surface area contributed by atoms with Gasteiger partial charge in [0.25, 0.3) is 5.91 Å². The van der Waals surface area contributed by atoms with E-state index in [0.29, 0.717) is 5.76 Å². The standard InChI is InChI=1S/C24H22N2O2/c1-15-9-10-16(2)22-20(15)17(3)23(28-22)24(27)26-21(18-7-5-4-6-8-18)19-11-13-25-14-12-19/h4-14,21H,1-3H3,(H,26,27). The second-order valence-electron chi connectivity index (χ2n) is 7.06. The Morgan fingerprint density at radius 2 is 1.54 bits per heavy atom. The van der Waals surface area contributed by atoms with Gasteiger partial charge in [-0.1, -0.05) is 42.5 Å². The molecule has 0 aliphatic heterocycles. The Morgan fingerprint density at radius 1 is 0.893 bits per heavy atom. The zero-order chi connectivity index (χ0) is 19.7. The zero-order valence-corrected chi connectivity index (χ0v) is 16.2. The number of aryl methyl sites for hydroxylation is 3. The van der Waals surface area contributed by atoms with E-state index in [4.69, 9.17) is 4.42 Å². The highest BCUT2D eigenvalue weighted by atomic mass is 16.3. The Morgan fingerprint density at radius 3 is 2.21 bits per heavy atom. The lowest BCUT2D eigenvalue weighted by atomic mass is 9.99. The van der Waals surface area contributed by atoms with Crippen molar-refractivity contribution in [3.63, 3.8) is 0 Å². The van der Waals surface area contributed by atoms with Crippen LogP contribution in [-0.2, 0) is 0 Å². The van der Waals surface area contributed by atoms with E-state index in [1.807, 2.05) is 69.3 Å². The maximum absolute atomic E-state index is 13.2. The fourth-order valence-corrected chi connectivity index (χ4v) is 3.65. The molecule has 4 nitrogen and oxygen atoms in total. The van der Waals surface area contributed by atoms with Gasteiger partial charge in [0.05, 0.1) is 6.04 Å². The average molecular weight is 370 g/mol. The number of fused-ring (bicyclic) bond motifs is 1. The minimum absolute atomic E-state index is 0.224. The molecule has 0 aliphatic rings. The molecule has 0 fully saturated rings. The fourth-order valence-electron chi connectivity index (χ4n) is 3.65. The van der Waals surface area contributed by atoms with E-state index in [1.165, 1.54) is 0 Å². The van der Waals surface area contributed by atoms with Crippen molar-refractivity contribution in [2.45, 2.75) is 26.8 Å². The number of nitrogens with zero attached hydrogens (tertiary/aromatic N) is 1. The SMILES string of the molecule is Cc1ccc(C)c2c(C)c(C(=O)NC(c3ccccc3)c3ccncc3)oc12. The summed E-state index contributed by atoms with van der Waals surface area (Å²) in [6, 6.07) is 17.5. The quantitative estimate of drug-likeness (QED) is 0.532. The normalized spacial score (nSPS) is 12.1. The number of hydrogen-bond acceptors (Lipinski definition) is 3. The van der Waals surface area contributed by atoms with Crippen LogP contribution in [-0.4, -0.2) is 10.9 Å². The first-order valence-electron chi connectivity index (χ1n) is 9.31. The Kier molecular flexibility index (Phi) is 4.70. The molecule has 0 saturated carbocycles. The van der Waals surface area contributed by atoms with Crippen LogP contribution in [0.1, 0.15) is 44.4 Å². The van der Waals surface area contributed by atoms with Crippen LogP contribution in [0.2, 0.25) is 0 Å². The van der Waals surface area contributed by atoms with Gasteiger partial charge in [0.1, 0.15) is 5.58 Å². The van der Waals surface area contributed by atoms with Crippen molar-refractivity contribution in [2.24, 2.45) is 0 Å². The second kappa shape index (κ2) is 7.31. The highest BCUT2D eigenvalue weighted by molar-refractivity contribution is 6.00. The molecule has 2 aromatic heterocycles. The van der Waals surface area contributed by atoms with Gasteiger partial charge >= 0.3 is 0 Å². The van der Waals surface area contributed by atoms with Gasteiger partial charge in [-0.15, -0.1) is 0 Å². The van der Waals surface area contributed by atoms with Gasteiger partial charge in [0, 0.05) is 23.3 Å².